The van der Waals surface area contributed by atoms with Crippen LogP contribution in [-0.4, -0.2) is 30.4 Å². The quantitative estimate of drug-likeness (QED) is 0.870. The molecule has 1 unspecified atom stereocenters. The van der Waals surface area contributed by atoms with Gasteiger partial charge in [0, 0.05) is 11.7 Å². The Morgan fingerprint density at radius 3 is 2.84 bits per heavy atom. The Bertz CT molecular complexity index is 527. The number of hydrogen-bond donors (Lipinski definition) is 1. The lowest BCUT2D eigenvalue weighted by Gasteiger charge is -2.21. The highest BCUT2D eigenvalue weighted by molar-refractivity contribution is 5.92. The van der Waals surface area contributed by atoms with E-state index in [1.54, 1.807) is 31.3 Å². The van der Waals surface area contributed by atoms with E-state index in [1.165, 1.54) is 0 Å². The smallest absolute Gasteiger partial charge is 0.238 e. The molecule has 0 saturated heterocycles. The average Bonchev–Trinajstić information content (AvgIpc) is 2.39. The van der Waals surface area contributed by atoms with Crippen LogP contribution in [0, 0.1) is 22.7 Å². The topological polar surface area (TPSA) is 79.9 Å². The van der Waals surface area contributed by atoms with E-state index in [-0.39, 0.29) is 18.5 Å². The lowest BCUT2D eigenvalue weighted by atomic mass is 10.2. The summed E-state index contributed by atoms with van der Waals surface area (Å²) in [4.78, 5) is 13.6. The fourth-order valence-corrected chi connectivity index (χ4v) is 1.54. The third-order valence-electron chi connectivity index (χ3n) is 2.81. The van der Waals surface area contributed by atoms with Gasteiger partial charge in [-0.25, -0.2) is 0 Å². The predicted octanol–water partition coefficient (Wildman–Crippen LogP) is 1.73. The first-order chi connectivity index (χ1) is 9.06. The summed E-state index contributed by atoms with van der Waals surface area (Å²) < 4.78 is 0. The summed E-state index contributed by atoms with van der Waals surface area (Å²) in [7, 11) is 1.80. The molecular formula is C14H16N4O. The molecule has 0 bridgehead atoms. The molecule has 0 aliphatic carbocycles. The number of hydrogen-bond acceptors (Lipinski definition) is 4. The lowest BCUT2D eigenvalue weighted by Crippen LogP contribution is -2.36. The van der Waals surface area contributed by atoms with Crippen LogP contribution in [-0.2, 0) is 4.79 Å². The molecule has 0 fully saturated rings. The van der Waals surface area contributed by atoms with Crippen LogP contribution in [0.5, 0.6) is 0 Å². The van der Waals surface area contributed by atoms with Gasteiger partial charge in [0.1, 0.15) is 0 Å². The van der Waals surface area contributed by atoms with Crippen molar-refractivity contribution in [3.8, 4) is 12.1 Å². The zero-order chi connectivity index (χ0) is 14.3. The van der Waals surface area contributed by atoms with E-state index < -0.39 is 0 Å². The lowest BCUT2D eigenvalue weighted by molar-refractivity contribution is -0.117. The van der Waals surface area contributed by atoms with Crippen LogP contribution in [0.25, 0.3) is 0 Å². The second kappa shape index (κ2) is 7.15. The summed E-state index contributed by atoms with van der Waals surface area (Å²) in [5.74, 6) is -0.164. The molecule has 5 nitrogen and oxygen atoms in total. The van der Waals surface area contributed by atoms with Crippen molar-refractivity contribution in [1.82, 2.24) is 4.90 Å². The van der Waals surface area contributed by atoms with E-state index in [9.17, 15) is 4.79 Å². The molecule has 1 rings (SSSR count). The summed E-state index contributed by atoms with van der Waals surface area (Å²) in [6.45, 7) is 2.10. The van der Waals surface area contributed by atoms with E-state index in [4.69, 9.17) is 10.5 Å². The molecule has 98 valence electrons. The number of nitrogens with zero attached hydrogens (tertiary/aromatic N) is 3. The van der Waals surface area contributed by atoms with Crippen molar-refractivity contribution in [1.29, 1.82) is 10.5 Å². The van der Waals surface area contributed by atoms with E-state index in [0.29, 0.717) is 17.7 Å². The zero-order valence-electron chi connectivity index (χ0n) is 11.1. The number of rotatable bonds is 5. The van der Waals surface area contributed by atoms with Gasteiger partial charge in [-0.1, -0.05) is 6.07 Å². The Hall–Kier alpha value is -2.37. The molecule has 19 heavy (non-hydrogen) atoms. The molecule has 0 saturated carbocycles. The Morgan fingerprint density at radius 1 is 1.47 bits per heavy atom. The number of carbonyl (C=O) groups is 1. The van der Waals surface area contributed by atoms with Crippen molar-refractivity contribution < 1.29 is 4.79 Å². The van der Waals surface area contributed by atoms with Gasteiger partial charge < -0.3 is 5.32 Å². The summed E-state index contributed by atoms with van der Waals surface area (Å²) >= 11 is 0. The highest BCUT2D eigenvalue weighted by Crippen LogP contribution is 2.10. The summed E-state index contributed by atoms with van der Waals surface area (Å²) in [5, 5.41) is 20.1. The summed E-state index contributed by atoms with van der Waals surface area (Å²) in [5.41, 5.74) is 1.11. The van der Waals surface area contributed by atoms with Crippen molar-refractivity contribution >= 4 is 11.6 Å². The van der Waals surface area contributed by atoms with Gasteiger partial charge in [-0.05, 0) is 32.2 Å². The van der Waals surface area contributed by atoms with Gasteiger partial charge in [0.25, 0.3) is 0 Å². The first-order valence-electron chi connectivity index (χ1n) is 5.94. The van der Waals surface area contributed by atoms with E-state index in [0.717, 1.165) is 0 Å². The van der Waals surface area contributed by atoms with Gasteiger partial charge in [0.15, 0.2) is 0 Å². The van der Waals surface area contributed by atoms with Gasteiger partial charge in [-0.3, -0.25) is 9.69 Å². The largest absolute Gasteiger partial charge is 0.325 e. The predicted molar refractivity (Wildman–Crippen MR) is 72.1 cm³/mol. The Balaban J connectivity index is 2.56. The summed E-state index contributed by atoms with van der Waals surface area (Å²) in [6.07, 6.45) is 0.383. The average molecular weight is 256 g/mol. The monoisotopic (exact) mass is 256 g/mol. The van der Waals surface area contributed by atoms with E-state index in [2.05, 4.69) is 11.4 Å². The van der Waals surface area contributed by atoms with Crippen LogP contribution >= 0.6 is 0 Å². The van der Waals surface area contributed by atoms with Crippen molar-refractivity contribution in [3.05, 3.63) is 29.8 Å². The van der Waals surface area contributed by atoms with Crippen LogP contribution in [0.2, 0.25) is 0 Å². The number of amides is 1. The maximum absolute atomic E-state index is 11.8. The fourth-order valence-electron chi connectivity index (χ4n) is 1.54. The van der Waals surface area contributed by atoms with Gasteiger partial charge in [0.05, 0.1) is 30.7 Å². The fraction of sp³-hybridized carbons (Fsp3) is 0.357. The molecule has 1 aromatic rings. The molecule has 0 radical (unpaired) electrons. The van der Waals surface area contributed by atoms with Gasteiger partial charge in [-0.2, -0.15) is 10.5 Å². The number of nitriles is 2. The van der Waals surface area contributed by atoms with E-state index in [1.807, 2.05) is 17.9 Å². The molecule has 0 aliphatic heterocycles. The van der Waals surface area contributed by atoms with Crippen molar-refractivity contribution in [3.63, 3.8) is 0 Å². The molecular weight excluding hydrogens is 240 g/mol. The maximum Gasteiger partial charge on any atom is 0.238 e. The zero-order valence-corrected chi connectivity index (χ0v) is 11.1. The standard InChI is InChI=1S/C14H16N4O/c1-11(6-7-15)18(2)10-14(19)17-13-5-3-4-12(8-13)9-16/h3-5,8,11H,6,10H2,1-2H3,(H,17,19). The van der Waals surface area contributed by atoms with Gasteiger partial charge in [-0.15, -0.1) is 0 Å². The highest BCUT2D eigenvalue weighted by atomic mass is 16.2. The van der Waals surface area contributed by atoms with Crippen LogP contribution in [0.3, 0.4) is 0 Å². The summed E-state index contributed by atoms with van der Waals surface area (Å²) in [6, 6.07) is 10.9. The minimum Gasteiger partial charge on any atom is -0.325 e. The molecule has 1 amide bonds. The third kappa shape index (κ3) is 4.79. The molecule has 0 spiro atoms. The SMILES string of the molecule is CC(CC#N)N(C)CC(=O)Nc1cccc(C#N)c1. The van der Waals surface area contributed by atoms with Crippen LogP contribution in [0.15, 0.2) is 24.3 Å². The Labute approximate surface area is 113 Å². The number of nitrogens with one attached hydrogen (secondary N) is 1. The minimum atomic E-state index is -0.164. The van der Waals surface area contributed by atoms with Crippen LogP contribution in [0.1, 0.15) is 18.9 Å². The first-order valence-corrected chi connectivity index (χ1v) is 5.94. The van der Waals surface area contributed by atoms with Gasteiger partial charge in [0.2, 0.25) is 5.91 Å². The molecule has 1 N–H and O–H groups in total. The molecule has 1 aromatic carbocycles. The second-order valence-electron chi connectivity index (χ2n) is 4.37. The molecule has 1 atom stereocenters. The normalized spacial score (nSPS) is 11.4. The van der Waals surface area contributed by atoms with Crippen molar-refractivity contribution in [2.24, 2.45) is 0 Å². The molecule has 5 heteroatoms. The second-order valence-corrected chi connectivity index (χ2v) is 4.37. The highest BCUT2D eigenvalue weighted by Gasteiger charge is 2.12. The first kappa shape index (κ1) is 14.7. The molecule has 0 aliphatic rings. The molecule has 0 heterocycles. The number of carbonyl (C=O) groups excluding carboxylic acids is 1. The van der Waals surface area contributed by atoms with Crippen LogP contribution in [0.4, 0.5) is 5.69 Å². The van der Waals surface area contributed by atoms with Gasteiger partial charge >= 0.3 is 0 Å². The minimum absolute atomic E-state index is 0.0289. The number of anilines is 1. The van der Waals surface area contributed by atoms with Crippen LogP contribution < -0.4 is 5.32 Å². The maximum atomic E-state index is 11.8. The third-order valence-corrected chi connectivity index (χ3v) is 2.81. The van der Waals surface area contributed by atoms with Crippen molar-refractivity contribution in [2.45, 2.75) is 19.4 Å². The van der Waals surface area contributed by atoms with E-state index >= 15 is 0 Å². The number of benzene rings is 1. The number of likely N-dealkylation sites (N-methyl/N-ethyl adjacent to an activating group) is 1. The Kier molecular flexibility index (Phi) is 5.53. The Morgan fingerprint density at radius 2 is 2.21 bits per heavy atom. The van der Waals surface area contributed by atoms with Crippen molar-refractivity contribution in [2.75, 3.05) is 18.9 Å². The molecule has 0 aromatic heterocycles.